The van der Waals surface area contributed by atoms with E-state index < -0.39 is 8.07 Å². The minimum Gasteiger partial charge on any atom is -0.461 e. The van der Waals surface area contributed by atoms with E-state index in [9.17, 15) is 10.1 Å². The molecule has 0 aliphatic carbocycles. The van der Waals surface area contributed by atoms with E-state index in [0.717, 1.165) is 45.2 Å². The van der Waals surface area contributed by atoms with Crippen molar-refractivity contribution in [3.63, 3.8) is 0 Å². The number of allylic oxidation sites excluding steroid dienone is 1. The first-order chi connectivity index (χ1) is 20.2. The number of anilines is 2. The molecule has 0 fully saturated rings. The van der Waals surface area contributed by atoms with Crippen LogP contribution in [0.1, 0.15) is 11.3 Å². The monoisotopic (exact) mass is 584 g/mol. The normalized spacial score (nSPS) is 13.5. The van der Waals surface area contributed by atoms with E-state index in [4.69, 9.17) is 19.3 Å². The zero-order chi connectivity index (χ0) is 29.7. The third kappa shape index (κ3) is 7.07. The van der Waals surface area contributed by atoms with Crippen molar-refractivity contribution in [2.45, 2.75) is 38.8 Å². The number of ether oxygens (including phenoxy) is 3. The van der Waals surface area contributed by atoms with E-state index in [0.29, 0.717) is 25.5 Å². The number of nitro groups is 1. The number of fused-ring (bicyclic) bond motifs is 1. The third-order valence-corrected chi connectivity index (χ3v) is 8.83. The largest absolute Gasteiger partial charge is 0.461 e. The summed E-state index contributed by atoms with van der Waals surface area (Å²) >= 11 is 0. The molecule has 0 unspecified atom stereocenters. The fraction of sp³-hybridized carbons (Fsp3) is 0.281. The van der Waals surface area contributed by atoms with Gasteiger partial charge in [-0.1, -0.05) is 56.0 Å². The van der Waals surface area contributed by atoms with Gasteiger partial charge in [-0.15, -0.1) is 0 Å². The maximum Gasteiger partial charge on any atom is 0.271 e. The Labute approximate surface area is 246 Å². The standard InChI is InChI=1S/C32H36N4O5Si/c1-34(26-11-8-12-28(19-26)36(37)38)27-13-14-29-30(33-35(31(29)20-27)22-39-15-16-42(2,3)4)18-25(32-21-40-23-41-32)17-24-9-6-5-7-10-24/h5-14,18-21H,15-17,22-23H2,1-4H3. The zero-order valence-electron chi connectivity index (χ0n) is 24.4. The minimum atomic E-state index is -1.24. The molecule has 42 heavy (non-hydrogen) atoms. The highest BCUT2D eigenvalue weighted by atomic mass is 28.3. The average Bonchev–Trinajstić information content (AvgIpc) is 3.63. The van der Waals surface area contributed by atoms with Gasteiger partial charge in [0.15, 0.2) is 5.76 Å². The number of hydrogen-bond donors (Lipinski definition) is 0. The Morgan fingerprint density at radius 1 is 1.10 bits per heavy atom. The molecule has 1 aromatic heterocycles. The summed E-state index contributed by atoms with van der Waals surface area (Å²) in [5.41, 5.74) is 5.46. The number of hydrogen-bond acceptors (Lipinski definition) is 7. The van der Waals surface area contributed by atoms with Crippen molar-refractivity contribution in [2.75, 3.05) is 25.3 Å². The molecular formula is C32H36N4O5Si. The lowest BCUT2D eigenvalue weighted by Gasteiger charge is -2.20. The van der Waals surface area contributed by atoms with Crippen molar-refractivity contribution >= 4 is 42.1 Å². The summed E-state index contributed by atoms with van der Waals surface area (Å²) < 4.78 is 19.2. The molecule has 5 rings (SSSR count). The van der Waals surface area contributed by atoms with E-state index in [1.54, 1.807) is 18.4 Å². The van der Waals surface area contributed by atoms with E-state index in [1.807, 2.05) is 59.1 Å². The van der Waals surface area contributed by atoms with Crippen molar-refractivity contribution < 1.29 is 19.1 Å². The Kier molecular flexibility index (Phi) is 8.74. The third-order valence-electron chi connectivity index (χ3n) is 7.13. The lowest BCUT2D eigenvalue weighted by atomic mass is 10.0. The molecule has 0 bridgehead atoms. The predicted molar refractivity (Wildman–Crippen MR) is 168 cm³/mol. The fourth-order valence-corrected chi connectivity index (χ4v) is 5.45. The molecular weight excluding hydrogens is 548 g/mol. The van der Waals surface area contributed by atoms with Crippen LogP contribution >= 0.6 is 0 Å². The Morgan fingerprint density at radius 3 is 2.60 bits per heavy atom. The van der Waals surface area contributed by atoms with Gasteiger partial charge in [-0.2, -0.15) is 5.10 Å². The van der Waals surface area contributed by atoms with E-state index in [1.165, 1.54) is 6.07 Å². The van der Waals surface area contributed by atoms with Crippen molar-refractivity contribution in [3.8, 4) is 0 Å². The van der Waals surface area contributed by atoms with E-state index >= 15 is 0 Å². The van der Waals surface area contributed by atoms with Gasteiger partial charge in [0, 0.05) is 62.6 Å². The van der Waals surface area contributed by atoms with Gasteiger partial charge in [0.2, 0.25) is 6.79 Å². The molecule has 4 aromatic rings. The number of nitrogens with zero attached hydrogens (tertiary/aromatic N) is 4. The molecule has 0 N–H and O–H groups in total. The summed E-state index contributed by atoms with van der Waals surface area (Å²) in [4.78, 5) is 12.9. The van der Waals surface area contributed by atoms with Crippen LogP contribution in [0.4, 0.5) is 17.1 Å². The number of rotatable bonds is 12. The molecule has 0 amide bonds. The minimum absolute atomic E-state index is 0.0482. The molecule has 2 heterocycles. The smallest absolute Gasteiger partial charge is 0.271 e. The van der Waals surface area contributed by atoms with Crippen LogP contribution in [0, 0.1) is 10.1 Å². The van der Waals surface area contributed by atoms with Crippen LogP contribution < -0.4 is 4.90 Å². The lowest BCUT2D eigenvalue weighted by Crippen LogP contribution is -2.22. The summed E-state index contributed by atoms with van der Waals surface area (Å²) in [7, 11) is 0.654. The van der Waals surface area contributed by atoms with E-state index in [-0.39, 0.29) is 17.4 Å². The van der Waals surface area contributed by atoms with Gasteiger partial charge in [0.05, 0.1) is 16.1 Å². The van der Waals surface area contributed by atoms with Crippen LogP contribution in [0.15, 0.2) is 90.4 Å². The second-order valence-electron chi connectivity index (χ2n) is 11.5. The van der Waals surface area contributed by atoms with Gasteiger partial charge in [-0.3, -0.25) is 10.1 Å². The second-order valence-corrected chi connectivity index (χ2v) is 17.1. The van der Waals surface area contributed by atoms with Gasteiger partial charge >= 0.3 is 0 Å². The Hall–Kier alpha value is -4.41. The topological polar surface area (TPSA) is 91.9 Å². The highest BCUT2D eigenvalue weighted by Gasteiger charge is 2.19. The molecule has 1 aliphatic rings. The lowest BCUT2D eigenvalue weighted by molar-refractivity contribution is -0.384. The summed E-state index contributed by atoms with van der Waals surface area (Å²) in [5, 5.41) is 17.3. The molecule has 0 radical (unpaired) electrons. The van der Waals surface area contributed by atoms with Crippen LogP contribution in [-0.4, -0.2) is 43.2 Å². The predicted octanol–water partition coefficient (Wildman–Crippen LogP) is 7.50. The fourth-order valence-electron chi connectivity index (χ4n) is 4.69. The molecule has 218 valence electrons. The number of aromatic nitrogens is 2. The van der Waals surface area contributed by atoms with Gasteiger partial charge in [0.1, 0.15) is 13.0 Å². The Morgan fingerprint density at radius 2 is 1.88 bits per heavy atom. The van der Waals surface area contributed by atoms with Gasteiger partial charge in [-0.05, 0) is 41.9 Å². The first-order valence-corrected chi connectivity index (χ1v) is 17.6. The molecule has 10 heteroatoms. The highest BCUT2D eigenvalue weighted by Crippen LogP contribution is 2.32. The maximum atomic E-state index is 11.4. The molecule has 0 atom stereocenters. The number of non-ortho nitro benzene ring substituents is 1. The molecule has 0 saturated heterocycles. The number of nitro benzene ring substituents is 1. The molecule has 3 aromatic carbocycles. The molecule has 0 spiro atoms. The molecule has 0 saturated carbocycles. The summed E-state index contributed by atoms with van der Waals surface area (Å²) in [5.74, 6) is 0.690. The van der Waals surface area contributed by atoms with Crippen molar-refractivity contribution in [1.82, 2.24) is 9.78 Å². The van der Waals surface area contributed by atoms with Crippen molar-refractivity contribution in [2.24, 2.45) is 0 Å². The molecule has 1 aliphatic heterocycles. The van der Waals surface area contributed by atoms with Crippen molar-refractivity contribution in [1.29, 1.82) is 0 Å². The number of benzene rings is 3. The second kappa shape index (κ2) is 12.6. The summed E-state index contributed by atoms with van der Waals surface area (Å²) in [6.45, 7) is 8.17. The first-order valence-electron chi connectivity index (χ1n) is 13.9. The van der Waals surface area contributed by atoms with Crippen LogP contribution in [0.25, 0.3) is 17.0 Å². The highest BCUT2D eigenvalue weighted by molar-refractivity contribution is 6.76. The average molecular weight is 585 g/mol. The quantitative estimate of drug-likeness (QED) is 0.0737. The SMILES string of the molecule is CN(c1cccc([N+](=O)[O-])c1)c1ccc2c(C=C(Cc3ccccc3)C3=COCO3)nn(COCC[Si](C)(C)C)c2c1. The summed E-state index contributed by atoms with van der Waals surface area (Å²) in [6, 6.07) is 24.0. The zero-order valence-corrected chi connectivity index (χ0v) is 25.4. The maximum absolute atomic E-state index is 11.4. The van der Waals surface area contributed by atoms with Crippen LogP contribution in [-0.2, 0) is 27.4 Å². The van der Waals surface area contributed by atoms with E-state index in [2.05, 4.69) is 37.8 Å². The van der Waals surface area contributed by atoms with Gasteiger partial charge in [0.25, 0.3) is 5.69 Å². The Bertz CT molecular complexity index is 1630. The first kappa shape index (κ1) is 29.1. The van der Waals surface area contributed by atoms with Crippen LogP contribution in [0.3, 0.4) is 0 Å². The van der Waals surface area contributed by atoms with Gasteiger partial charge in [-0.25, -0.2) is 4.68 Å². The van der Waals surface area contributed by atoms with Gasteiger partial charge < -0.3 is 19.1 Å². The van der Waals surface area contributed by atoms with Crippen LogP contribution in [0.5, 0.6) is 0 Å². The summed E-state index contributed by atoms with van der Waals surface area (Å²) in [6.07, 6.45) is 4.36. The van der Waals surface area contributed by atoms with Crippen LogP contribution in [0.2, 0.25) is 25.7 Å². The Balaban J connectivity index is 1.53. The molecule has 9 nitrogen and oxygen atoms in total. The van der Waals surface area contributed by atoms with Crippen molar-refractivity contribution in [3.05, 3.63) is 112 Å².